The van der Waals surface area contributed by atoms with Gasteiger partial charge in [-0.25, -0.2) is 4.98 Å². The predicted molar refractivity (Wildman–Crippen MR) is 81.4 cm³/mol. The molecule has 2 bridgehead atoms. The van der Waals surface area contributed by atoms with E-state index in [-0.39, 0.29) is 0 Å². The molecule has 4 heterocycles. The molecule has 4 nitrogen and oxygen atoms in total. The Morgan fingerprint density at radius 2 is 2.00 bits per heavy atom. The monoisotopic (exact) mass is 275 g/mol. The molecular formula is C16H25N3O. The van der Waals surface area contributed by atoms with Crippen LogP contribution < -0.4 is 9.64 Å². The molecule has 110 valence electrons. The van der Waals surface area contributed by atoms with Crippen molar-refractivity contribution < 1.29 is 4.74 Å². The summed E-state index contributed by atoms with van der Waals surface area (Å²) in [6, 6.07) is 5.38. The van der Waals surface area contributed by atoms with Crippen LogP contribution in [-0.4, -0.2) is 47.7 Å². The molecule has 0 saturated carbocycles. The lowest BCUT2D eigenvalue weighted by atomic mass is 9.83. The average Bonchev–Trinajstić information content (AvgIpc) is 2.48. The van der Waals surface area contributed by atoms with Crippen molar-refractivity contribution in [2.45, 2.75) is 51.2 Å². The fraction of sp³-hybridized carbons (Fsp3) is 0.688. The van der Waals surface area contributed by atoms with Crippen molar-refractivity contribution in [2.75, 3.05) is 25.1 Å². The summed E-state index contributed by atoms with van der Waals surface area (Å²) in [5.74, 6) is 0.688. The topological polar surface area (TPSA) is 28.6 Å². The molecule has 4 heteroatoms. The van der Waals surface area contributed by atoms with Gasteiger partial charge in [0, 0.05) is 36.8 Å². The van der Waals surface area contributed by atoms with Gasteiger partial charge in [-0.1, -0.05) is 6.92 Å². The number of nitrogens with zero attached hydrogens (tertiary/aromatic N) is 3. The first-order valence-corrected chi connectivity index (χ1v) is 7.58. The molecule has 3 aliphatic heterocycles. The summed E-state index contributed by atoms with van der Waals surface area (Å²) in [5.41, 5.74) is 1.56. The van der Waals surface area contributed by atoms with Gasteiger partial charge in [-0.2, -0.15) is 0 Å². The molecule has 3 aliphatic rings. The molecule has 0 aromatic carbocycles. The maximum absolute atomic E-state index is 5.13. The van der Waals surface area contributed by atoms with Gasteiger partial charge in [-0.15, -0.1) is 0 Å². The number of methoxy groups -OCH3 is 1. The first kappa shape index (κ1) is 13.7. The van der Waals surface area contributed by atoms with E-state index in [1.54, 1.807) is 7.11 Å². The second-order valence-electron chi connectivity index (χ2n) is 6.58. The molecule has 0 aliphatic carbocycles. The highest BCUT2D eigenvalue weighted by molar-refractivity contribution is 5.52. The zero-order valence-electron chi connectivity index (χ0n) is 13.0. The fourth-order valence-corrected chi connectivity index (χ4v) is 3.40. The van der Waals surface area contributed by atoms with Gasteiger partial charge in [0.15, 0.2) is 0 Å². The molecular weight excluding hydrogens is 250 g/mol. The van der Waals surface area contributed by atoms with Gasteiger partial charge in [0.1, 0.15) is 0 Å². The molecule has 3 saturated heterocycles. The molecule has 1 aromatic heterocycles. The van der Waals surface area contributed by atoms with Crippen LogP contribution in [0.15, 0.2) is 18.3 Å². The number of aromatic nitrogens is 1. The molecule has 2 unspecified atom stereocenters. The quantitative estimate of drug-likeness (QED) is 0.844. The number of fused-ring (bicyclic) bond motifs is 2. The van der Waals surface area contributed by atoms with Crippen LogP contribution in [0, 0.1) is 0 Å². The number of rotatable bonds is 4. The van der Waals surface area contributed by atoms with Crippen LogP contribution in [-0.2, 0) is 0 Å². The minimum Gasteiger partial charge on any atom is -0.481 e. The van der Waals surface area contributed by atoms with Crippen LogP contribution in [0.5, 0.6) is 5.88 Å². The molecule has 4 rings (SSSR count). The Morgan fingerprint density at radius 3 is 2.50 bits per heavy atom. The fourth-order valence-electron chi connectivity index (χ4n) is 3.40. The maximum atomic E-state index is 5.13. The third-order valence-electron chi connectivity index (χ3n) is 5.14. The van der Waals surface area contributed by atoms with Crippen molar-refractivity contribution in [3.8, 4) is 5.88 Å². The molecule has 20 heavy (non-hydrogen) atoms. The summed E-state index contributed by atoms with van der Waals surface area (Å²) in [6.45, 7) is 9.34. The second kappa shape index (κ2) is 4.92. The van der Waals surface area contributed by atoms with Gasteiger partial charge in [-0.05, 0) is 32.8 Å². The Hall–Kier alpha value is -1.29. The summed E-state index contributed by atoms with van der Waals surface area (Å²) in [4.78, 5) is 9.52. The number of anilines is 1. The summed E-state index contributed by atoms with van der Waals surface area (Å²) < 4.78 is 5.13. The number of piperidine rings is 1. The minimum atomic E-state index is 0.321. The van der Waals surface area contributed by atoms with Crippen LogP contribution in [0.2, 0.25) is 0 Å². The highest BCUT2D eigenvalue weighted by Crippen LogP contribution is 2.39. The maximum Gasteiger partial charge on any atom is 0.213 e. The largest absolute Gasteiger partial charge is 0.481 e. The summed E-state index contributed by atoms with van der Waals surface area (Å²) in [6.07, 6.45) is 4.47. The van der Waals surface area contributed by atoms with E-state index in [0.717, 1.165) is 0 Å². The van der Waals surface area contributed by atoms with Gasteiger partial charge in [0.2, 0.25) is 5.88 Å². The number of hydrogen-bond acceptors (Lipinski definition) is 4. The van der Waals surface area contributed by atoms with Crippen molar-refractivity contribution in [3.05, 3.63) is 18.3 Å². The van der Waals surface area contributed by atoms with Crippen LogP contribution >= 0.6 is 0 Å². The van der Waals surface area contributed by atoms with E-state index in [0.29, 0.717) is 23.5 Å². The molecule has 3 fully saturated rings. The Bertz CT molecular complexity index is 459. The van der Waals surface area contributed by atoms with E-state index < -0.39 is 0 Å². The van der Waals surface area contributed by atoms with Crippen LogP contribution in [0.3, 0.4) is 0 Å². The minimum absolute atomic E-state index is 0.321. The van der Waals surface area contributed by atoms with Crippen molar-refractivity contribution in [1.29, 1.82) is 0 Å². The van der Waals surface area contributed by atoms with Crippen LogP contribution in [0.25, 0.3) is 0 Å². The number of hydrogen-bond donors (Lipinski definition) is 0. The number of pyridine rings is 1. The zero-order chi connectivity index (χ0) is 14.3. The Morgan fingerprint density at radius 1 is 1.30 bits per heavy atom. The lowest BCUT2D eigenvalue weighted by Crippen LogP contribution is -2.71. The van der Waals surface area contributed by atoms with Crippen LogP contribution in [0.1, 0.15) is 33.6 Å². The van der Waals surface area contributed by atoms with E-state index in [2.05, 4.69) is 41.6 Å². The van der Waals surface area contributed by atoms with E-state index in [9.17, 15) is 0 Å². The zero-order valence-corrected chi connectivity index (χ0v) is 13.0. The van der Waals surface area contributed by atoms with Crippen molar-refractivity contribution in [2.24, 2.45) is 0 Å². The van der Waals surface area contributed by atoms with E-state index >= 15 is 0 Å². The Balaban J connectivity index is 1.71. The normalized spacial score (nSPS) is 26.3. The average molecular weight is 275 g/mol. The van der Waals surface area contributed by atoms with Gasteiger partial charge in [0.25, 0.3) is 0 Å². The number of ether oxygens (including phenoxy) is 1. The highest BCUT2D eigenvalue weighted by Gasteiger charge is 2.47. The summed E-state index contributed by atoms with van der Waals surface area (Å²) >= 11 is 0. The third-order valence-corrected chi connectivity index (χ3v) is 5.14. The van der Waals surface area contributed by atoms with E-state index in [4.69, 9.17) is 4.74 Å². The SMILES string of the molecule is CCC(C)(C)N1CC2CC(C1)N2c1ccc(OC)nc1. The van der Waals surface area contributed by atoms with Gasteiger partial charge >= 0.3 is 0 Å². The van der Waals surface area contributed by atoms with Crippen molar-refractivity contribution >= 4 is 5.69 Å². The summed E-state index contributed by atoms with van der Waals surface area (Å²) in [7, 11) is 1.66. The molecule has 2 atom stereocenters. The lowest BCUT2D eigenvalue weighted by molar-refractivity contribution is 0.0297. The number of piperazine rings is 1. The lowest BCUT2D eigenvalue weighted by Gasteiger charge is -2.60. The smallest absolute Gasteiger partial charge is 0.213 e. The molecule has 0 N–H and O–H groups in total. The third kappa shape index (κ3) is 2.16. The van der Waals surface area contributed by atoms with Gasteiger partial charge in [-0.3, -0.25) is 4.90 Å². The van der Waals surface area contributed by atoms with Gasteiger partial charge < -0.3 is 9.64 Å². The first-order chi connectivity index (χ1) is 9.55. The first-order valence-electron chi connectivity index (χ1n) is 7.58. The standard InChI is InChI=1S/C16H25N3O/c1-5-16(2,3)18-10-13-8-14(11-18)19(13)12-6-7-15(20-4)17-9-12/h6-7,9,13-14H,5,8,10-11H2,1-4H3. The van der Waals surface area contributed by atoms with Crippen molar-refractivity contribution in [1.82, 2.24) is 9.88 Å². The van der Waals surface area contributed by atoms with Crippen LogP contribution in [0.4, 0.5) is 5.69 Å². The van der Waals surface area contributed by atoms with Crippen molar-refractivity contribution in [3.63, 3.8) is 0 Å². The molecule has 1 aromatic rings. The molecule has 0 spiro atoms. The molecule has 0 amide bonds. The molecule has 0 radical (unpaired) electrons. The van der Waals surface area contributed by atoms with Gasteiger partial charge in [0.05, 0.1) is 19.0 Å². The van der Waals surface area contributed by atoms with E-state index in [1.807, 2.05) is 12.3 Å². The second-order valence-corrected chi connectivity index (χ2v) is 6.58. The highest BCUT2D eigenvalue weighted by atomic mass is 16.5. The van der Waals surface area contributed by atoms with E-state index in [1.165, 1.54) is 31.6 Å². The Kier molecular flexibility index (Phi) is 3.36. The Labute approximate surface area is 121 Å². The predicted octanol–water partition coefficient (Wildman–Crippen LogP) is 2.54. The summed E-state index contributed by atoms with van der Waals surface area (Å²) in [5, 5.41) is 0.